The fourth-order valence-corrected chi connectivity index (χ4v) is 6.69. The van der Waals surface area contributed by atoms with E-state index in [1.807, 2.05) is 77.1 Å². The summed E-state index contributed by atoms with van der Waals surface area (Å²) in [6.45, 7) is 9.15. The highest BCUT2D eigenvalue weighted by molar-refractivity contribution is 7.92. The van der Waals surface area contributed by atoms with Crippen LogP contribution in [0.5, 0.6) is 0 Å². The third-order valence-electron chi connectivity index (χ3n) is 8.18. The molecule has 0 bridgehead atoms. The molecule has 0 aliphatic carbocycles. The lowest BCUT2D eigenvalue weighted by Gasteiger charge is -2.34. The van der Waals surface area contributed by atoms with Crippen LogP contribution in [0.4, 0.5) is 5.69 Å². The zero-order valence-corrected chi connectivity index (χ0v) is 28.6. The fraction of sp³-hybridized carbons (Fsp3) is 0.297. The van der Waals surface area contributed by atoms with Crippen LogP contribution in [0.3, 0.4) is 0 Å². The van der Waals surface area contributed by atoms with Gasteiger partial charge in [0, 0.05) is 24.0 Å². The maximum Gasteiger partial charge on any atom is 0.264 e. The lowest BCUT2D eigenvalue weighted by Crippen LogP contribution is -2.54. The predicted molar refractivity (Wildman–Crippen MR) is 185 cm³/mol. The van der Waals surface area contributed by atoms with Gasteiger partial charge in [0.25, 0.3) is 10.0 Å². The van der Waals surface area contributed by atoms with E-state index >= 15 is 0 Å². The molecule has 46 heavy (non-hydrogen) atoms. The molecule has 0 aromatic heterocycles. The molecule has 0 saturated carbocycles. The summed E-state index contributed by atoms with van der Waals surface area (Å²) in [6, 6.07) is 27.4. The summed E-state index contributed by atoms with van der Waals surface area (Å²) >= 11 is 6.33. The first-order valence-corrected chi connectivity index (χ1v) is 17.3. The Balaban J connectivity index is 1.83. The van der Waals surface area contributed by atoms with Gasteiger partial charge in [-0.25, -0.2) is 8.42 Å². The molecule has 0 saturated heterocycles. The van der Waals surface area contributed by atoms with Gasteiger partial charge < -0.3 is 10.2 Å². The van der Waals surface area contributed by atoms with E-state index in [1.54, 1.807) is 54.6 Å². The van der Waals surface area contributed by atoms with Crippen molar-refractivity contribution in [3.05, 3.63) is 130 Å². The van der Waals surface area contributed by atoms with Crippen molar-refractivity contribution in [2.75, 3.05) is 10.8 Å². The van der Waals surface area contributed by atoms with Crippen LogP contribution < -0.4 is 9.62 Å². The summed E-state index contributed by atoms with van der Waals surface area (Å²) < 4.78 is 29.6. The fourth-order valence-electron chi connectivity index (χ4n) is 5.07. The van der Waals surface area contributed by atoms with E-state index in [4.69, 9.17) is 11.6 Å². The summed E-state index contributed by atoms with van der Waals surface area (Å²) in [6.07, 6.45) is 0.950. The van der Waals surface area contributed by atoms with Crippen molar-refractivity contribution in [3.63, 3.8) is 0 Å². The Bertz CT molecular complexity index is 1760. The summed E-state index contributed by atoms with van der Waals surface area (Å²) in [5, 5.41) is 3.54. The van der Waals surface area contributed by atoms with Gasteiger partial charge in [-0.15, -0.1) is 0 Å². The number of benzene rings is 4. The van der Waals surface area contributed by atoms with Gasteiger partial charge in [0.15, 0.2) is 0 Å². The summed E-state index contributed by atoms with van der Waals surface area (Å²) in [4.78, 5) is 30.1. The molecule has 2 amide bonds. The van der Waals surface area contributed by atoms with Crippen LogP contribution in [0.25, 0.3) is 0 Å². The molecule has 0 unspecified atom stereocenters. The van der Waals surface area contributed by atoms with Gasteiger partial charge >= 0.3 is 0 Å². The minimum absolute atomic E-state index is 0.0518. The minimum atomic E-state index is -4.17. The van der Waals surface area contributed by atoms with E-state index in [9.17, 15) is 18.0 Å². The number of carbonyl (C=O) groups is 2. The lowest BCUT2D eigenvalue weighted by molar-refractivity contribution is -0.140. The molecule has 0 radical (unpaired) electrons. The molecule has 0 fully saturated rings. The Kier molecular flexibility index (Phi) is 11.7. The lowest BCUT2D eigenvalue weighted by atomic mass is 10.0. The standard InChI is InChI=1S/C37H42ClN3O4S/c1-6-29(5)39-37(43)35(23-30-11-8-7-9-12-30)40(24-31-13-10-14-32(38)22-31)36(42)25-41(33-18-17-27(3)28(4)21-33)46(44,45)34-19-15-26(2)16-20-34/h7-22,29,35H,6,23-25H2,1-5H3,(H,39,43)/t29-,35-/m0/s1. The van der Waals surface area contributed by atoms with Crippen molar-refractivity contribution >= 4 is 39.1 Å². The highest BCUT2D eigenvalue weighted by Crippen LogP contribution is 2.27. The van der Waals surface area contributed by atoms with Crippen LogP contribution in [-0.2, 0) is 32.6 Å². The number of aryl methyl sites for hydroxylation is 3. The molecular formula is C37H42ClN3O4S. The molecule has 0 spiro atoms. The Labute approximate surface area is 278 Å². The molecule has 4 aromatic rings. The van der Waals surface area contributed by atoms with Crippen LogP contribution in [0.1, 0.15) is 48.1 Å². The van der Waals surface area contributed by atoms with Crippen LogP contribution in [-0.4, -0.2) is 43.8 Å². The number of nitrogens with one attached hydrogen (secondary N) is 1. The molecule has 4 aromatic carbocycles. The minimum Gasteiger partial charge on any atom is -0.352 e. The summed E-state index contributed by atoms with van der Waals surface area (Å²) in [7, 11) is -4.17. The van der Waals surface area contributed by atoms with Crippen molar-refractivity contribution in [1.82, 2.24) is 10.2 Å². The number of rotatable bonds is 13. The van der Waals surface area contributed by atoms with Crippen LogP contribution >= 0.6 is 11.6 Å². The van der Waals surface area contributed by atoms with Crippen LogP contribution in [0, 0.1) is 20.8 Å². The number of nitrogens with zero attached hydrogens (tertiary/aromatic N) is 2. The van der Waals surface area contributed by atoms with Crippen molar-refractivity contribution in [2.24, 2.45) is 0 Å². The molecule has 2 atom stereocenters. The maximum absolute atomic E-state index is 14.6. The number of hydrogen-bond acceptors (Lipinski definition) is 4. The molecule has 9 heteroatoms. The van der Waals surface area contributed by atoms with Crippen molar-refractivity contribution in [3.8, 4) is 0 Å². The molecular weight excluding hydrogens is 618 g/mol. The number of sulfonamides is 1. The van der Waals surface area contributed by atoms with Gasteiger partial charge in [-0.2, -0.15) is 0 Å². The molecule has 0 aliphatic rings. The number of anilines is 1. The molecule has 4 rings (SSSR count). The first-order valence-electron chi connectivity index (χ1n) is 15.4. The smallest absolute Gasteiger partial charge is 0.264 e. The Morgan fingerprint density at radius 3 is 2.13 bits per heavy atom. The molecule has 0 aliphatic heterocycles. The number of carbonyl (C=O) groups excluding carboxylic acids is 2. The Hall–Kier alpha value is -4.14. The Morgan fingerprint density at radius 1 is 0.826 bits per heavy atom. The van der Waals surface area contributed by atoms with Crippen molar-refractivity contribution in [1.29, 1.82) is 0 Å². The van der Waals surface area contributed by atoms with E-state index in [-0.39, 0.29) is 29.8 Å². The second-order valence-electron chi connectivity index (χ2n) is 11.8. The van der Waals surface area contributed by atoms with E-state index in [1.165, 1.54) is 4.90 Å². The van der Waals surface area contributed by atoms with E-state index in [0.29, 0.717) is 17.1 Å². The first-order chi connectivity index (χ1) is 21.9. The van der Waals surface area contributed by atoms with Gasteiger partial charge in [0.1, 0.15) is 12.6 Å². The molecule has 242 valence electrons. The zero-order chi connectivity index (χ0) is 33.4. The molecule has 7 nitrogen and oxygen atoms in total. The topological polar surface area (TPSA) is 86.8 Å². The SMILES string of the molecule is CC[C@H](C)NC(=O)[C@H](Cc1ccccc1)N(Cc1cccc(Cl)c1)C(=O)CN(c1ccc(C)c(C)c1)S(=O)(=O)c1ccc(C)cc1. The average Bonchev–Trinajstić information content (AvgIpc) is 3.03. The molecule has 0 heterocycles. The van der Waals surface area contributed by atoms with E-state index in [0.717, 1.165) is 32.1 Å². The van der Waals surface area contributed by atoms with Crippen LogP contribution in [0.2, 0.25) is 5.02 Å². The zero-order valence-electron chi connectivity index (χ0n) is 27.0. The molecule has 1 N–H and O–H groups in total. The van der Waals surface area contributed by atoms with Gasteiger partial charge in [0.2, 0.25) is 11.8 Å². The van der Waals surface area contributed by atoms with Gasteiger partial charge in [0.05, 0.1) is 10.6 Å². The second-order valence-corrected chi connectivity index (χ2v) is 14.1. The largest absolute Gasteiger partial charge is 0.352 e. The monoisotopic (exact) mass is 659 g/mol. The quantitative estimate of drug-likeness (QED) is 0.167. The van der Waals surface area contributed by atoms with Crippen molar-refractivity contribution < 1.29 is 18.0 Å². The van der Waals surface area contributed by atoms with Crippen molar-refractivity contribution in [2.45, 2.75) is 71.0 Å². The highest BCUT2D eigenvalue weighted by atomic mass is 35.5. The highest BCUT2D eigenvalue weighted by Gasteiger charge is 2.35. The Morgan fingerprint density at radius 2 is 1.50 bits per heavy atom. The second kappa shape index (κ2) is 15.4. The average molecular weight is 660 g/mol. The van der Waals surface area contributed by atoms with Gasteiger partial charge in [-0.3, -0.25) is 13.9 Å². The third-order valence-corrected chi connectivity index (χ3v) is 10.2. The number of halogens is 1. The van der Waals surface area contributed by atoms with Gasteiger partial charge in [-0.05, 0) is 92.8 Å². The number of amides is 2. The first kappa shape index (κ1) is 34.7. The maximum atomic E-state index is 14.6. The summed E-state index contributed by atoms with van der Waals surface area (Å²) in [5.41, 5.74) is 4.75. The normalized spacial score (nSPS) is 12.7. The van der Waals surface area contributed by atoms with Gasteiger partial charge in [-0.1, -0.05) is 84.8 Å². The van der Waals surface area contributed by atoms with E-state index < -0.39 is 28.5 Å². The van der Waals surface area contributed by atoms with Crippen LogP contribution in [0.15, 0.2) is 102 Å². The number of hydrogen-bond donors (Lipinski definition) is 1. The van der Waals surface area contributed by atoms with E-state index in [2.05, 4.69) is 5.32 Å². The summed E-state index contributed by atoms with van der Waals surface area (Å²) in [5.74, 6) is -0.832. The third kappa shape index (κ3) is 8.77. The predicted octanol–water partition coefficient (Wildman–Crippen LogP) is 7.02.